The Balaban J connectivity index is 3.11. The van der Waals surface area contributed by atoms with Gasteiger partial charge in [-0.2, -0.15) is 5.26 Å². The predicted molar refractivity (Wildman–Crippen MR) is 48.8 cm³/mol. The van der Waals surface area contributed by atoms with Gasteiger partial charge < -0.3 is 5.11 Å². The van der Waals surface area contributed by atoms with Gasteiger partial charge in [0.05, 0.1) is 0 Å². The molecule has 0 atom stereocenters. The molecule has 1 aromatic rings. The quantitative estimate of drug-likeness (QED) is 0.476. The Bertz CT molecular complexity index is 324. The highest BCUT2D eigenvalue weighted by atomic mass is 79.9. The maximum atomic E-state index is 10.9. The van der Waals surface area contributed by atoms with Crippen molar-refractivity contribution in [2.45, 2.75) is 5.33 Å². The summed E-state index contributed by atoms with van der Waals surface area (Å²) in [6, 6.07) is 4.45. The molecule has 0 aromatic heterocycles. The third-order valence-corrected chi connectivity index (χ3v) is 2.17. The van der Waals surface area contributed by atoms with Gasteiger partial charge >= 0.3 is 5.97 Å². The van der Waals surface area contributed by atoms with E-state index in [1.54, 1.807) is 6.07 Å². The summed E-state index contributed by atoms with van der Waals surface area (Å²) in [5.41, 5.74) is 0.748. The zero-order valence-corrected chi connectivity index (χ0v) is 8.11. The molecule has 1 rings (SSSR count). The summed E-state index contributed by atoms with van der Waals surface area (Å²) < 4.78 is 0. The summed E-state index contributed by atoms with van der Waals surface area (Å²) in [6.07, 6.45) is 0. The van der Waals surface area contributed by atoms with Crippen molar-refractivity contribution >= 4 is 21.9 Å². The van der Waals surface area contributed by atoms with Crippen molar-refractivity contribution in [2.24, 2.45) is 0 Å². The normalized spacial score (nSPS) is 9.69. The topological polar surface area (TPSA) is 66.8 Å². The molecule has 0 heterocycles. The van der Waals surface area contributed by atoms with Gasteiger partial charge in [-0.1, -0.05) is 22.0 Å². The summed E-state index contributed by atoms with van der Waals surface area (Å²) in [5, 5.41) is 17.9. The smallest absolute Gasteiger partial charge is 0.376 e. The van der Waals surface area contributed by atoms with Crippen molar-refractivity contribution in [3.05, 3.63) is 29.3 Å². The van der Waals surface area contributed by atoms with Crippen LogP contribution >= 0.6 is 15.9 Å². The molecular weight excluding hydrogens is 240 g/mol. The van der Waals surface area contributed by atoms with E-state index in [0.29, 0.717) is 5.33 Å². The first-order valence-corrected chi connectivity index (χ1v) is 4.54. The van der Waals surface area contributed by atoms with E-state index in [9.17, 15) is 9.90 Å². The van der Waals surface area contributed by atoms with Crippen LogP contribution < -0.4 is 0 Å². The first-order chi connectivity index (χ1) is 6.19. The van der Waals surface area contributed by atoms with Crippen molar-refractivity contribution in [1.82, 2.24) is 0 Å². The molecule has 0 radical (unpaired) electrons. The number of alkyl halides is 1. The Hall–Kier alpha value is -1.07. The second-order valence-electron chi connectivity index (χ2n) is 2.36. The first kappa shape index (κ1) is 10.0. The monoisotopic (exact) mass is 246 g/mol. The first-order valence-electron chi connectivity index (χ1n) is 3.42. The zero-order chi connectivity index (χ0) is 9.84. The molecule has 2 N–H and O–H groups in total. The van der Waals surface area contributed by atoms with Crippen LogP contribution in [0.25, 0.3) is 0 Å². The number of phenolic OH excluding ortho intramolecular Hbond substituents is 1. The SMILES string of the molecule is O=C(OO)c1cc(CBr)ccc1O. The van der Waals surface area contributed by atoms with E-state index in [-0.39, 0.29) is 11.3 Å². The number of carbonyl (C=O) groups is 1. The summed E-state index contributed by atoms with van der Waals surface area (Å²) in [7, 11) is 0. The molecule has 0 aliphatic carbocycles. The maximum Gasteiger partial charge on any atom is 0.376 e. The lowest BCUT2D eigenvalue weighted by molar-refractivity contribution is -0.182. The number of halogens is 1. The molecule has 1 aromatic carbocycles. The Kier molecular flexibility index (Phi) is 3.27. The van der Waals surface area contributed by atoms with Crippen LogP contribution in [0.2, 0.25) is 0 Å². The van der Waals surface area contributed by atoms with Gasteiger partial charge in [0, 0.05) is 5.33 Å². The molecule has 0 aliphatic heterocycles. The number of hydrogen-bond acceptors (Lipinski definition) is 4. The molecular formula is C8H7BrO4. The number of phenols is 1. The standard InChI is InChI=1S/C8H7BrO4/c9-4-5-1-2-7(10)6(3-5)8(11)13-12/h1-3,10,12H,4H2. The minimum absolute atomic E-state index is 0.0561. The van der Waals surface area contributed by atoms with Crippen molar-refractivity contribution in [2.75, 3.05) is 0 Å². The van der Waals surface area contributed by atoms with E-state index in [0.717, 1.165) is 5.56 Å². The second kappa shape index (κ2) is 4.25. The molecule has 13 heavy (non-hydrogen) atoms. The lowest BCUT2D eigenvalue weighted by atomic mass is 10.1. The van der Waals surface area contributed by atoms with Gasteiger partial charge in [0.2, 0.25) is 0 Å². The van der Waals surface area contributed by atoms with Crippen LogP contribution in [0.1, 0.15) is 15.9 Å². The van der Waals surface area contributed by atoms with Crippen LogP contribution in [0, 0.1) is 0 Å². The maximum absolute atomic E-state index is 10.9. The number of rotatable bonds is 2. The Morgan fingerprint density at radius 3 is 2.77 bits per heavy atom. The average molecular weight is 247 g/mol. The predicted octanol–water partition coefficient (Wildman–Crippen LogP) is 1.92. The van der Waals surface area contributed by atoms with Gasteiger partial charge in [0.1, 0.15) is 11.3 Å². The van der Waals surface area contributed by atoms with Crippen LogP contribution in [0.4, 0.5) is 0 Å². The van der Waals surface area contributed by atoms with Gasteiger partial charge in [-0.25, -0.2) is 4.79 Å². The van der Waals surface area contributed by atoms with Crippen LogP contribution in [0.15, 0.2) is 18.2 Å². The molecule has 0 amide bonds. The Morgan fingerprint density at radius 2 is 2.23 bits per heavy atom. The molecule has 70 valence electrons. The van der Waals surface area contributed by atoms with Crippen LogP contribution in [-0.4, -0.2) is 16.3 Å². The second-order valence-corrected chi connectivity index (χ2v) is 2.92. The summed E-state index contributed by atoms with van der Waals surface area (Å²) in [4.78, 5) is 14.4. The fraction of sp³-hybridized carbons (Fsp3) is 0.125. The average Bonchev–Trinajstić information content (AvgIpc) is 2.17. The lowest BCUT2D eigenvalue weighted by Gasteiger charge is -2.02. The van der Waals surface area contributed by atoms with E-state index < -0.39 is 5.97 Å². The number of benzene rings is 1. The molecule has 0 unspecified atom stereocenters. The van der Waals surface area contributed by atoms with Gasteiger partial charge in [0.25, 0.3) is 0 Å². The van der Waals surface area contributed by atoms with Gasteiger partial charge in [-0.05, 0) is 17.7 Å². The fourth-order valence-corrected chi connectivity index (χ4v) is 1.23. The van der Waals surface area contributed by atoms with Crippen molar-refractivity contribution in [1.29, 1.82) is 0 Å². The molecule has 0 fully saturated rings. The van der Waals surface area contributed by atoms with Crippen molar-refractivity contribution in [3.8, 4) is 5.75 Å². The molecule has 0 saturated heterocycles. The Morgan fingerprint density at radius 1 is 1.54 bits per heavy atom. The van der Waals surface area contributed by atoms with Crippen LogP contribution in [0.3, 0.4) is 0 Å². The number of hydrogen-bond donors (Lipinski definition) is 2. The van der Waals surface area contributed by atoms with Crippen LogP contribution in [0.5, 0.6) is 5.75 Å². The van der Waals surface area contributed by atoms with Gasteiger partial charge in [-0.15, -0.1) is 0 Å². The van der Waals surface area contributed by atoms with Gasteiger partial charge in [0.15, 0.2) is 0 Å². The highest BCUT2D eigenvalue weighted by Crippen LogP contribution is 2.20. The highest BCUT2D eigenvalue weighted by molar-refractivity contribution is 9.08. The largest absolute Gasteiger partial charge is 0.507 e. The van der Waals surface area contributed by atoms with E-state index in [2.05, 4.69) is 20.8 Å². The van der Waals surface area contributed by atoms with Gasteiger partial charge in [-0.3, -0.25) is 4.89 Å². The third-order valence-electron chi connectivity index (χ3n) is 1.52. The van der Waals surface area contributed by atoms with E-state index >= 15 is 0 Å². The third kappa shape index (κ3) is 2.19. The molecule has 0 saturated carbocycles. The number of aromatic hydroxyl groups is 1. The Labute approximate surface area is 82.8 Å². The molecule has 0 spiro atoms. The molecule has 4 nitrogen and oxygen atoms in total. The van der Waals surface area contributed by atoms with Crippen molar-refractivity contribution in [3.63, 3.8) is 0 Å². The summed E-state index contributed by atoms with van der Waals surface area (Å²) in [6.45, 7) is 0. The van der Waals surface area contributed by atoms with Crippen LogP contribution in [-0.2, 0) is 10.2 Å². The fourth-order valence-electron chi connectivity index (χ4n) is 0.879. The molecule has 0 bridgehead atoms. The van der Waals surface area contributed by atoms with E-state index in [4.69, 9.17) is 5.26 Å². The summed E-state index contributed by atoms with van der Waals surface area (Å²) >= 11 is 3.19. The summed E-state index contributed by atoms with van der Waals surface area (Å²) in [5.74, 6) is -1.19. The molecule has 5 heteroatoms. The zero-order valence-electron chi connectivity index (χ0n) is 6.53. The minimum Gasteiger partial charge on any atom is -0.507 e. The van der Waals surface area contributed by atoms with Crippen molar-refractivity contribution < 1.29 is 20.0 Å². The van der Waals surface area contributed by atoms with E-state index in [1.807, 2.05) is 0 Å². The number of carbonyl (C=O) groups excluding carboxylic acids is 1. The molecule has 0 aliphatic rings. The highest BCUT2D eigenvalue weighted by Gasteiger charge is 2.12. The lowest BCUT2D eigenvalue weighted by Crippen LogP contribution is -2.02. The minimum atomic E-state index is -0.972. The van der Waals surface area contributed by atoms with E-state index in [1.165, 1.54) is 12.1 Å².